The average Bonchev–Trinajstić information content (AvgIpc) is 2.73. The zero-order chi connectivity index (χ0) is 16.1. The van der Waals surface area contributed by atoms with E-state index in [4.69, 9.17) is 17.3 Å². The number of nitrogens with zero attached hydrogens (tertiary/aromatic N) is 1. The number of methoxy groups -OCH3 is 1. The van der Waals surface area contributed by atoms with Crippen LogP contribution in [0.2, 0.25) is 5.02 Å². The second-order valence-corrected chi connectivity index (χ2v) is 5.70. The normalized spacial score (nSPS) is 18.5. The lowest BCUT2D eigenvalue weighted by Gasteiger charge is -2.21. The van der Waals surface area contributed by atoms with Crippen LogP contribution in [0.5, 0.6) is 0 Å². The molecule has 0 aromatic heterocycles. The van der Waals surface area contributed by atoms with Gasteiger partial charge in [0.15, 0.2) is 0 Å². The third kappa shape index (κ3) is 4.11. The number of hydrogen-bond acceptors (Lipinski definition) is 4. The molecule has 1 aromatic carbocycles. The van der Waals surface area contributed by atoms with Crippen molar-refractivity contribution in [3.8, 4) is 0 Å². The molecule has 1 saturated heterocycles. The molecule has 120 valence electrons. The van der Waals surface area contributed by atoms with Crippen molar-refractivity contribution in [1.82, 2.24) is 4.90 Å². The molecule has 0 radical (unpaired) electrons. The lowest BCUT2D eigenvalue weighted by molar-refractivity contribution is 0.0601. The quantitative estimate of drug-likeness (QED) is 0.818. The van der Waals surface area contributed by atoms with E-state index in [1.807, 2.05) is 0 Å². The first kappa shape index (κ1) is 16.6. The largest absolute Gasteiger partial charge is 0.465 e. The van der Waals surface area contributed by atoms with Gasteiger partial charge in [-0.15, -0.1) is 0 Å². The van der Waals surface area contributed by atoms with Crippen molar-refractivity contribution < 1.29 is 14.3 Å². The summed E-state index contributed by atoms with van der Waals surface area (Å²) in [7, 11) is 1.28. The summed E-state index contributed by atoms with van der Waals surface area (Å²) in [5.41, 5.74) is 6.64. The Balaban J connectivity index is 2.06. The van der Waals surface area contributed by atoms with Gasteiger partial charge in [-0.1, -0.05) is 11.6 Å². The van der Waals surface area contributed by atoms with Gasteiger partial charge in [-0.2, -0.15) is 0 Å². The topological polar surface area (TPSA) is 84.7 Å². The summed E-state index contributed by atoms with van der Waals surface area (Å²) in [6.45, 7) is 1.31. The van der Waals surface area contributed by atoms with Crippen molar-refractivity contribution in [1.29, 1.82) is 0 Å². The number of carbonyl (C=O) groups excluding carboxylic acids is 2. The Kier molecular flexibility index (Phi) is 5.63. The van der Waals surface area contributed by atoms with Crippen molar-refractivity contribution >= 4 is 29.3 Å². The first-order valence-electron chi connectivity index (χ1n) is 7.20. The Hall–Kier alpha value is -1.79. The molecule has 22 heavy (non-hydrogen) atoms. The van der Waals surface area contributed by atoms with Crippen molar-refractivity contribution in [3.05, 3.63) is 28.8 Å². The zero-order valence-corrected chi connectivity index (χ0v) is 13.2. The fourth-order valence-electron chi connectivity index (χ4n) is 2.40. The number of ether oxygens (including phenoxy) is 1. The van der Waals surface area contributed by atoms with Crippen LogP contribution in [-0.2, 0) is 4.74 Å². The summed E-state index contributed by atoms with van der Waals surface area (Å²) < 4.78 is 4.66. The van der Waals surface area contributed by atoms with Crippen LogP contribution < -0.4 is 11.1 Å². The van der Waals surface area contributed by atoms with Crippen LogP contribution in [0.25, 0.3) is 0 Å². The first-order valence-corrected chi connectivity index (χ1v) is 7.58. The number of urea groups is 1. The van der Waals surface area contributed by atoms with E-state index in [1.165, 1.54) is 13.2 Å². The Morgan fingerprint density at radius 3 is 2.86 bits per heavy atom. The predicted octanol–water partition coefficient (Wildman–Crippen LogP) is 2.47. The minimum absolute atomic E-state index is 0.152. The molecule has 6 nitrogen and oxygen atoms in total. The summed E-state index contributed by atoms with van der Waals surface area (Å²) >= 11 is 5.95. The number of hydrogen-bond donors (Lipinski definition) is 2. The molecule has 0 aliphatic carbocycles. The minimum Gasteiger partial charge on any atom is -0.465 e. The van der Waals surface area contributed by atoms with Gasteiger partial charge in [-0.3, -0.25) is 0 Å². The highest BCUT2D eigenvalue weighted by molar-refractivity contribution is 6.33. The molecule has 3 N–H and O–H groups in total. The smallest absolute Gasteiger partial charge is 0.339 e. The highest BCUT2D eigenvalue weighted by atomic mass is 35.5. The minimum atomic E-state index is -0.540. The lowest BCUT2D eigenvalue weighted by Crippen LogP contribution is -2.36. The molecule has 0 spiro atoms. The number of rotatable bonds is 2. The number of esters is 1. The van der Waals surface area contributed by atoms with E-state index in [9.17, 15) is 9.59 Å². The van der Waals surface area contributed by atoms with Crippen molar-refractivity contribution in [2.75, 3.05) is 25.5 Å². The van der Waals surface area contributed by atoms with Crippen LogP contribution in [0.4, 0.5) is 10.5 Å². The maximum absolute atomic E-state index is 12.3. The maximum Gasteiger partial charge on any atom is 0.339 e. The van der Waals surface area contributed by atoms with Gasteiger partial charge in [-0.25, -0.2) is 9.59 Å². The van der Waals surface area contributed by atoms with Gasteiger partial charge in [0.25, 0.3) is 0 Å². The molecule has 0 saturated carbocycles. The van der Waals surface area contributed by atoms with E-state index in [0.717, 1.165) is 19.3 Å². The van der Waals surface area contributed by atoms with E-state index in [1.54, 1.807) is 17.0 Å². The van der Waals surface area contributed by atoms with Crippen LogP contribution in [0.15, 0.2) is 18.2 Å². The van der Waals surface area contributed by atoms with Crippen LogP contribution in [0.3, 0.4) is 0 Å². The van der Waals surface area contributed by atoms with Gasteiger partial charge in [0, 0.05) is 24.8 Å². The number of amides is 2. The molecule has 1 fully saturated rings. The molecule has 2 amide bonds. The fraction of sp³-hybridized carbons (Fsp3) is 0.467. The highest BCUT2D eigenvalue weighted by Crippen LogP contribution is 2.22. The van der Waals surface area contributed by atoms with Crippen LogP contribution in [0.1, 0.15) is 29.6 Å². The second kappa shape index (κ2) is 7.47. The Morgan fingerprint density at radius 1 is 1.36 bits per heavy atom. The Labute approximate surface area is 134 Å². The van der Waals surface area contributed by atoms with Crippen LogP contribution in [-0.4, -0.2) is 43.1 Å². The SMILES string of the molecule is COC(=O)c1cc(NC(=O)N2CCCC(N)CC2)ccc1Cl. The third-order valence-electron chi connectivity index (χ3n) is 3.68. The summed E-state index contributed by atoms with van der Waals surface area (Å²) in [5, 5.41) is 3.06. The van der Waals surface area contributed by atoms with Crippen molar-refractivity contribution in [3.63, 3.8) is 0 Å². The first-order chi connectivity index (χ1) is 10.5. The number of halogens is 1. The molecule has 1 atom stereocenters. The number of likely N-dealkylation sites (tertiary alicyclic amines) is 1. The number of benzene rings is 1. The second-order valence-electron chi connectivity index (χ2n) is 5.29. The number of nitrogens with one attached hydrogen (secondary N) is 1. The highest BCUT2D eigenvalue weighted by Gasteiger charge is 2.19. The van der Waals surface area contributed by atoms with Crippen LogP contribution in [0, 0.1) is 0 Å². The van der Waals surface area contributed by atoms with Crippen molar-refractivity contribution in [2.45, 2.75) is 25.3 Å². The van der Waals surface area contributed by atoms with Gasteiger partial charge < -0.3 is 20.7 Å². The Bertz CT molecular complexity index is 565. The van der Waals surface area contributed by atoms with E-state index in [2.05, 4.69) is 10.1 Å². The van der Waals surface area contributed by atoms with E-state index >= 15 is 0 Å². The van der Waals surface area contributed by atoms with Gasteiger partial charge in [0.1, 0.15) is 0 Å². The summed E-state index contributed by atoms with van der Waals surface area (Å²) in [6.07, 6.45) is 2.61. The molecule has 1 aliphatic rings. The molecule has 7 heteroatoms. The molecule has 1 aliphatic heterocycles. The number of nitrogens with two attached hydrogens (primary N) is 1. The molecular weight excluding hydrogens is 306 g/mol. The average molecular weight is 326 g/mol. The lowest BCUT2D eigenvalue weighted by atomic mass is 10.1. The summed E-state index contributed by atoms with van der Waals surface area (Å²) in [6, 6.07) is 4.67. The number of anilines is 1. The van der Waals surface area contributed by atoms with E-state index in [-0.39, 0.29) is 22.7 Å². The fourth-order valence-corrected chi connectivity index (χ4v) is 2.59. The maximum atomic E-state index is 12.3. The molecule has 1 aromatic rings. The molecule has 1 heterocycles. The predicted molar refractivity (Wildman–Crippen MR) is 85.2 cm³/mol. The van der Waals surface area contributed by atoms with Gasteiger partial charge >= 0.3 is 12.0 Å². The standard InChI is InChI=1S/C15H20ClN3O3/c1-22-14(20)12-9-11(4-5-13(12)16)18-15(21)19-7-2-3-10(17)6-8-19/h4-5,9-10H,2-3,6-8,17H2,1H3,(H,18,21). The molecule has 1 unspecified atom stereocenters. The van der Waals surface area contributed by atoms with Gasteiger partial charge in [0.05, 0.1) is 17.7 Å². The third-order valence-corrected chi connectivity index (χ3v) is 4.01. The van der Waals surface area contributed by atoms with Crippen molar-refractivity contribution in [2.24, 2.45) is 5.73 Å². The molecule has 2 rings (SSSR count). The summed E-state index contributed by atoms with van der Waals surface area (Å²) in [5.74, 6) is -0.540. The van der Waals surface area contributed by atoms with E-state index < -0.39 is 5.97 Å². The molecular formula is C15H20ClN3O3. The molecule has 0 bridgehead atoms. The van der Waals surface area contributed by atoms with Crippen LogP contribution >= 0.6 is 11.6 Å². The van der Waals surface area contributed by atoms with Gasteiger partial charge in [0.2, 0.25) is 0 Å². The summed E-state index contributed by atoms with van der Waals surface area (Å²) in [4.78, 5) is 25.6. The van der Waals surface area contributed by atoms with E-state index in [0.29, 0.717) is 18.8 Å². The zero-order valence-electron chi connectivity index (χ0n) is 12.5. The number of carbonyl (C=O) groups is 2. The monoisotopic (exact) mass is 325 g/mol. The van der Waals surface area contributed by atoms with Gasteiger partial charge in [-0.05, 0) is 37.5 Å². The Morgan fingerprint density at radius 2 is 2.14 bits per heavy atom.